The molecule has 2 amide bonds. The zero-order valence-electron chi connectivity index (χ0n) is 17.2. The van der Waals surface area contributed by atoms with Gasteiger partial charge in [0.2, 0.25) is 21.8 Å². The van der Waals surface area contributed by atoms with Gasteiger partial charge in [0.1, 0.15) is 0 Å². The molecule has 3 rings (SSSR count). The molecule has 0 N–H and O–H groups in total. The van der Waals surface area contributed by atoms with Crippen molar-refractivity contribution in [1.82, 2.24) is 14.1 Å². The lowest BCUT2D eigenvalue weighted by molar-refractivity contribution is -0.143. The van der Waals surface area contributed by atoms with Crippen molar-refractivity contribution in [2.24, 2.45) is 22.7 Å². The molecule has 0 radical (unpaired) electrons. The van der Waals surface area contributed by atoms with E-state index in [9.17, 15) is 18.0 Å². The molecule has 1 aliphatic carbocycles. The summed E-state index contributed by atoms with van der Waals surface area (Å²) in [6, 6.07) is 0. The van der Waals surface area contributed by atoms with Crippen molar-refractivity contribution < 1.29 is 18.0 Å². The maximum atomic E-state index is 13.1. The average Bonchev–Trinajstić information content (AvgIpc) is 3.12. The number of hydrogen-bond donors (Lipinski definition) is 0. The number of piperidine rings is 1. The normalized spacial score (nSPS) is 30.7. The number of amides is 2. The Balaban J connectivity index is 1.88. The molecule has 2 aliphatic heterocycles. The third-order valence-corrected chi connectivity index (χ3v) is 8.40. The van der Waals surface area contributed by atoms with Crippen molar-refractivity contribution in [2.75, 3.05) is 46.5 Å². The molecule has 3 fully saturated rings. The first kappa shape index (κ1) is 20.6. The Bertz CT molecular complexity index is 725. The minimum Gasteiger partial charge on any atom is -0.348 e. The van der Waals surface area contributed by atoms with Gasteiger partial charge in [-0.25, -0.2) is 12.7 Å². The molecule has 154 valence electrons. The summed E-state index contributed by atoms with van der Waals surface area (Å²) in [5, 5.41) is 0. The summed E-state index contributed by atoms with van der Waals surface area (Å²) in [6.07, 6.45) is 4.63. The van der Waals surface area contributed by atoms with E-state index in [2.05, 4.69) is 0 Å². The highest BCUT2D eigenvalue weighted by Gasteiger charge is 2.65. The summed E-state index contributed by atoms with van der Waals surface area (Å²) < 4.78 is 26.0. The number of sulfonamides is 1. The molecule has 0 unspecified atom stereocenters. The zero-order chi connectivity index (χ0) is 20.2. The average molecular weight is 400 g/mol. The van der Waals surface area contributed by atoms with Crippen LogP contribution in [0.1, 0.15) is 39.5 Å². The molecular weight excluding hydrogens is 366 g/mol. The monoisotopic (exact) mass is 399 g/mol. The van der Waals surface area contributed by atoms with E-state index < -0.39 is 15.4 Å². The van der Waals surface area contributed by atoms with Crippen LogP contribution in [0.3, 0.4) is 0 Å². The molecule has 8 heteroatoms. The molecule has 7 nitrogen and oxygen atoms in total. The molecule has 2 saturated heterocycles. The number of nitrogens with zero attached hydrogens (tertiary/aromatic N) is 3. The molecule has 2 atom stereocenters. The summed E-state index contributed by atoms with van der Waals surface area (Å²) >= 11 is 0. The van der Waals surface area contributed by atoms with Crippen molar-refractivity contribution in [1.29, 1.82) is 0 Å². The van der Waals surface area contributed by atoms with Crippen LogP contribution in [0.2, 0.25) is 0 Å². The van der Waals surface area contributed by atoms with E-state index in [1.54, 1.807) is 19.0 Å². The van der Waals surface area contributed by atoms with E-state index in [4.69, 9.17) is 0 Å². The molecule has 0 aromatic rings. The Labute approximate surface area is 163 Å². The van der Waals surface area contributed by atoms with Crippen LogP contribution in [0.15, 0.2) is 0 Å². The van der Waals surface area contributed by atoms with E-state index in [1.807, 2.05) is 18.7 Å². The summed E-state index contributed by atoms with van der Waals surface area (Å²) in [6.45, 7) is 5.98. The van der Waals surface area contributed by atoms with Crippen LogP contribution in [0.25, 0.3) is 0 Å². The van der Waals surface area contributed by atoms with Crippen molar-refractivity contribution >= 4 is 21.8 Å². The molecule has 27 heavy (non-hydrogen) atoms. The molecule has 0 aromatic heterocycles. The molecule has 1 spiro atoms. The molecule has 0 aromatic carbocycles. The third kappa shape index (κ3) is 3.28. The van der Waals surface area contributed by atoms with Gasteiger partial charge in [0.05, 0.1) is 11.7 Å². The fraction of sp³-hybridized carbons (Fsp3) is 0.895. The van der Waals surface area contributed by atoms with Crippen molar-refractivity contribution in [2.45, 2.75) is 39.5 Å². The molecule has 0 bridgehead atoms. The van der Waals surface area contributed by atoms with Gasteiger partial charge in [0.15, 0.2) is 0 Å². The van der Waals surface area contributed by atoms with Gasteiger partial charge >= 0.3 is 0 Å². The van der Waals surface area contributed by atoms with Gasteiger partial charge in [-0.2, -0.15) is 0 Å². The van der Waals surface area contributed by atoms with E-state index in [0.29, 0.717) is 26.2 Å². The second-order valence-corrected chi connectivity index (χ2v) is 11.3. The van der Waals surface area contributed by atoms with Crippen molar-refractivity contribution in [3.8, 4) is 0 Å². The van der Waals surface area contributed by atoms with Gasteiger partial charge in [-0.05, 0) is 37.0 Å². The van der Waals surface area contributed by atoms with Crippen LogP contribution < -0.4 is 0 Å². The van der Waals surface area contributed by atoms with Gasteiger partial charge in [0.25, 0.3) is 0 Å². The van der Waals surface area contributed by atoms with E-state index in [1.165, 1.54) is 10.6 Å². The fourth-order valence-corrected chi connectivity index (χ4v) is 6.59. The highest BCUT2D eigenvalue weighted by atomic mass is 32.2. The summed E-state index contributed by atoms with van der Waals surface area (Å²) in [7, 11) is 0.178. The molecule has 3 aliphatic rings. The maximum absolute atomic E-state index is 13.1. The van der Waals surface area contributed by atoms with Crippen molar-refractivity contribution in [3.05, 3.63) is 0 Å². The van der Waals surface area contributed by atoms with E-state index in [-0.39, 0.29) is 29.1 Å². The minimum absolute atomic E-state index is 0.00996. The molecule has 2 heterocycles. The molecular formula is C19H33N3O4S. The van der Waals surface area contributed by atoms with Gasteiger partial charge in [-0.15, -0.1) is 0 Å². The van der Waals surface area contributed by atoms with Crippen LogP contribution >= 0.6 is 0 Å². The number of rotatable bonds is 3. The smallest absolute Gasteiger partial charge is 0.229 e. The lowest BCUT2D eigenvalue weighted by Gasteiger charge is -2.45. The number of hydrogen-bond acceptors (Lipinski definition) is 4. The SMILES string of the molecule is CC(C)C(=O)N1CCC2(CC1)CC[C@@]1(C(=O)N(C)C)CN(S(C)(=O)=O)C[C@@H]21. The highest BCUT2D eigenvalue weighted by Crippen LogP contribution is 2.62. The zero-order valence-corrected chi connectivity index (χ0v) is 18.0. The summed E-state index contributed by atoms with van der Waals surface area (Å²) in [5.74, 6) is 0.258. The number of fused-ring (bicyclic) bond motifs is 2. The van der Waals surface area contributed by atoms with Crippen LogP contribution in [0, 0.1) is 22.7 Å². The van der Waals surface area contributed by atoms with E-state index >= 15 is 0 Å². The topological polar surface area (TPSA) is 78.0 Å². The summed E-state index contributed by atoms with van der Waals surface area (Å²) in [4.78, 5) is 29.1. The van der Waals surface area contributed by atoms with Crippen molar-refractivity contribution in [3.63, 3.8) is 0 Å². The predicted molar refractivity (Wildman–Crippen MR) is 103 cm³/mol. The second-order valence-electron chi connectivity index (χ2n) is 9.31. The van der Waals surface area contributed by atoms with Gasteiger partial charge in [-0.3, -0.25) is 9.59 Å². The maximum Gasteiger partial charge on any atom is 0.229 e. The third-order valence-electron chi connectivity index (χ3n) is 7.19. The molecule has 1 saturated carbocycles. The lowest BCUT2D eigenvalue weighted by Crippen LogP contribution is -2.50. The first-order valence-electron chi connectivity index (χ1n) is 9.89. The van der Waals surface area contributed by atoms with Crippen LogP contribution in [-0.2, 0) is 19.6 Å². The Morgan fingerprint density at radius 3 is 2.15 bits per heavy atom. The Kier molecular flexibility index (Phi) is 5.13. The largest absolute Gasteiger partial charge is 0.348 e. The summed E-state index contributed by atoms with van der Waals surface area (Å²) in [5.41, 5.74) is -0.657. The van der Waals surface area contributed by atoms with Gasteiger partial charge in [-0.1, -0.05) is 13.8 Å². The van der Waals surface area contributed by atoms with Crippen LogP contribution in [0.4, 0.5) is 0 Å². The Morgan fingerprint density at radius 1 is 1.07 bits per heavy atom. The first-order chi connectivity index (χ1) is 12.4. The van der Waals surface area contributed by atoms with Crippen LogP contribution in [0.5, 0.6) is 0 Å². The number of likely N-dealkylation sites (tertiary alicyclic amines) is 1. The lowest BCUT2D eigenvalue weighted by atomic mass is 9.65. The Morgan fingerprint density at radius 2 is 1.67 bits per heavy atom. The standard InChI is InChI=1S/C19H33N3O4S/c1-14(2)16(23)21-10-8-18(9-11-21)6-7-19(17(24)20(3)4)13-22(12-15(18)19)27(5,25)26/h14-15H,6-13H2,1-5H3/t15-,19+/m0/s1. The second kappa shape index (κ2) is 6.72. The van der Waals surface area contributed by atoms with E-state index in [0.717, 1.165) is 25.7 Å². The first-order valence-corrected chi connectivity index (χ1v) is 11.7. The van der Waals surface area contributed by atoms with Crippen LogP contribution in [-0.4, -0.2) is 80.9 Å². The fourth-order valence-electron chi connectivity index (χ4n) is 5.70. The Hall–Kier alpha value is -1.15. The van der Waals surface area contributed by atoms with Gasteiger partial charge < -0.3 is 9.80 Å². The minimum atomic E-state index is -3.33. The van der Waals surface area contributed by atoms with Gasteiger partial charge in [0, 0.05) is 46.2 Å². The predicted octanol–water partition coefficient (Wildman–Crippen LogP) is 1.01. The highest BCUT2D eigenvalue weighted by molar-refractivity contribution is 7.88. The number of carbonyl (C=O) groups is 2. The quantitative estimate of drug-likeness (QED) is 0.710. The number of carbonyl (C=O) groups excluding carboxylic acids is 2.